The number of benzene rings is 3. The first-order valence-corrected chi connectivity index (χ1v) is 14.0. The van der Waals surface area contributed by atoms with Crippen LogP contribution >= 0.6 is 27.7 Å². The minimum Gasteiger partial charge on any atom is -0.497 e. The molecule has 12 heteroatoms. The minimum absolute atomic E-state index is 0.0380. The Hall–Kier alpha value is -3.90. The van der Waals surface area contributed by atoms with E-state index in [-0.39, 0.29) is 17.6 Å². The third-order valence-corrected chi connectivity index (χ3v) is 7.89. The van der Waals surface area contributed by atoms with Gasteiger partial charge in [0, 0.05) is 42.0 Å². The molecule has 0 atom stereocenters. The highest BCUT2D eigenvalue weighted by atomic mass is 79.9. The van der Waals surface area contributed by atoms with E-state index >= 15 is 0 Å². The number of carbonyl (C=O) groups excluding carboxylic acids is 2. The third kappa shape index (κ3) is 6.40. The Balaban J connectivity index is 1.11. The van der Waals surface area contributed by atoms with Gasteiger partial charge < -0.3 is 19.9 Å². The van der Waals surface area contributed by atoms with Crippen molar-refractivity contribution in [3.63, 3.8) is 0 Å². The molecule has 0 bridgehead atoms. The second-order valence-corrected chi connectivity index (χ2v) is 10.5. The Kier molecular flexibility index (Phi) is 8.42. The highest BCUT2D eigenvalue weighted by Gasteiger charge is 2.23. The van der Waals surface area contributed by atoms with E-state index in [2.05, 4.69) is 41.7 Å². The van der Waals surface area contributed by atoms with Crippen molar-refractivity contribution in [1.29, 1.82) is 0 Å². The molecule has 0 spiro atoms. The van der Waals surface area contributed by atoms with Crippen LogP contribution in [0.4, 0.5) is 11.4 Å². The number of rotatable bonds is 8. The maximum atomic E-state index is 12.9. The lowest BCUT2D eigenvalue weighted by atomic mass is 10.1. The van der Waals surface area contributed by atoms with Crippen LogP contribution in [0.1, 0.15) is 10.4 Å². The van der Waals surface area contributed by atoms with Crippen LogP contribution in [-0.4, -0.2) is 76.0 Å². The normalized spacial score (nSPS) is 13.3. The predicted molar refractivity (Wildman–Crippen MR) is 154 cm³/mol. The summed E-state index contributed by atoms with van der Waals surface area (Å²) < 4.78 is 7.58. The SMILES string of the molecule is COc1ccc(-n2nnnc2SCC(=O)Nc2ccc(N3CCN(C(=O)c4ccccc4Br)CC3)cc2)cc1. The van der Waals surface area contributed by atoms with Crippen LogP contribution in [-0.2, 0) is 4.79 Å². The number of carbonyl (C=O) groups is 2. The minimum atomic E-state index is -0.156. The number of nitrogens with one attached hydrogen (secondary N) is 1. The van der Waals surface area contributed by atoms with E-state index in [9.17, 15) is 9.59 Å². The fraction of sp³-hybridized carbons (Fsp3) is 0.222. The van der Waals surface area contributed by atoms with Gasteiger partial charge in [0.2, 0.25) is 11.1 Å². The molecule has 5 rings (SSSR count). The molecule has 1 saturated heterocycles. The van der Waals surface area contributed by atoms with Crippen LogP contribution < -0.4 is 15.0 Å². The van der Waals surface area contributed by atoms with Gasteiger partial charge in [0.25, 0.3) is 5.91 Å². The molecule has 3 aromatic carbocycles. The molecule has 0 saturated carbocycles. The van der Waals surface area contributed by atoms with Crippen LogP contribution in [0.15, 0.2) is 82.4 Å². The third-order valence-electron chi connectivity index (χ3n) is 6.28. The molecule has 200 valence electrons. The predicted octanol–water partition coefficient (Wildman–Crippen LogP) is 4.13. The van der Waals surface area contributed by atoms with Crippen LogP contribution in [0.3, 0.4) is 0 Å². The summed E-state index contributed by atoms with van der Waals surface area (Å²) in [7, 11) is 1.61. The number of aromatic nitrogens is 4. The van der Waals surface area contributed by atoms with Crippen molar-refractivity contribution >= 4 is 50.9 Å². The Morgan fingerprint density at radius 2 is 1.64 bits per heavy atom. The van der Waals surface area contributed by atoms with Gasteiger partial charge in [0.15, 0.2) is 0 Å². The quantitative estimate of drug-likeness (QED) is 0.298. The average molecular weight is 609 g/mol. The molecular formula is C27H26BrN7O3S. The largest absolute Gasteiger partial charge is 0.497 e. The molecule has 0 unspecified atom stereocenters. The summed E-state index contributed by atoms with van der Waals surface area (Å²) in [5.41, 5.74) is 3.22. The van der Waals surface area contributed by atoms with E-state index in [0.29, 0.717) is 29.5 Å². The number of amides is 2. The Morgan fingerprint density at radius 1 is 0.949 bits per heavy atom. The Morgan fingerprint density at radius 3 is 2.33 bits per heavy atom. The topological polar surface area (TPSA) is 105 Å². The summed E-state index contributed by atoms with van der Waals surface area (Å²) in [6.45, 7) is 2.76. The van der Waals surface area contributed by atoms with Crippen molar-refractivity contribution in [3.8, 4) is 11.4 Å². The molecule has 2 heterocycles. The molecule has 2 amide bonds. The van der Waals surface area contributed by atoms with E-state index in [1.54, 1.807) is 11.8 Å². The molecule has 0 aliphatic carbocycles. The van der Waals surface area contributed by atoms with Crippen molar-refractivity contribution < 1.29 is 14.3 Å². The van der Waals surface area contributed by atoms with Crippen molar-refractivity contribution in [1.82, 2.24) is 25.1 Å². The van der Waals surface area contributed by atoms with Crippen molar-refractivity contribution in [2.24, 2.45) is 0 Å². The summed E-state index contributed by atoms with van der Waals surface area (Å²) in [6, 6.07) is 22.6. The monoisotopic (exact) mass is 607 g/mol. The van der Waals surface area contributed by atoms with Gasteiger partial charge >= 0.3 is 0 Å². The maximum absolute atomic E-state index is 12.9. The molecule has 4 aromatic rings. The molecule has 1 aromatic heterocycles. The van der Waals surface area contributed by atoms with E-state index < -0.39 is 0 Å². The zero-order valence-electron chi connectivity index (χ0n) is 21.2. The van der Waals surface area contributed by atoms with Gasteiger partial charge in [-0.25, -0.2) is 0 Å². The van der Waals surface area contributed by atoms with Gasteiger partial charge in [-0.2, -0.15) is 4.68 Å². The van der Waals surface area contributed by atoms with Gasteiger partial charge in [0.05, 0.1) is 24.1 Å². The van der Waals surface area contributed by atoms with Crippen LogP contribution in [0.2, 0.25) is 0 Å². The highest BCUT2D eigenvalue weighted by Crippen LogP contribution is 2.24. The number of hydrogen-bond acceptors (Lipinski definition) is 8. The fourth-order valence-electron chi connectivity index (χ4n) is 4.21. The van der Waals surface area contributed by atoms with E-state index in [0.717, 1.165) is 34.7 Å². The maximum Gasteiger partial charge on any atom is 0.255 e. The van der Waals surface area contributed by atoms with E-state index in [1.807, 2.05) is 77.7 Å². The summed E-state index contributed by atoms with van der Waals surface area (Å²) >= 11 is 4.72. The van der Waals surface area contributed by atoms with Gasteiger partial charge in [-0.05, 0) is 87.0 Å². The summed E-state index contributed by atoms with van der Waals surface area (Å²) in [5.74, 6) is 0.777. The first kappa shape index (κ1) is 26.7. The fourth-order valence-corrected chi connectivity index (χ4v) is 5.36. The number of ether oxygens (including phenoxy) is 1. The van der Waals surface area contributed by atoms with E-state index in [1.165, 1.54) is 11.8 Å². The number of methoxy groups -OCH3 is 1. The number of piperazine rings is 1. The van der Waals surface area contributed by atoms with Crippen molar-refractivity contribution in [2.45, 2.75) is 5.16 Å². The lowest BCUT2D eigenvalue weighted by molar-refractivity contribution is -0.113. The van der Waals surface area contributed by atoms with Crippen molar-refractivity contribution in [3.05, 3.63) is 82.8 Å². The number of halogens is 1. The smallest absolute Gasteiger partial charge is 0.255 e. The second-order valence-electron chi connectivity index (χ2n) is 8.71. The van der Waals surface area contributed by atoms with Gasteiger partial charge in [-0.3, -0.25) is 9.59 Å². The Bertz CT molecular complexity index is 1440. The number of thioether (sulfide) groups is 1. The second kappa shape index (κ2) is 12.3. The van der Waals surface area contributed by atoms with Gasteiger partial charge in [-0.15, -0.1) is 5.10 Å². The number of anilines is 2. The van der Waals surface area contributed by atoms with Crippen molar-refractivity contribution in [2.75, 3.05) is 49.3 Å². The van der Waals surface area contributed by atoms with Crippen LogP contribution in [0, 0.1) is 0 Å². The molecule has 10 nitrogen and oxygen atoms in total. The first-order chi connectivity index (χ1) is 19.0. The van der Waals surface area contributed by atoms with Crippen LogP contribution in [0.5, 0.6) is 5.75 Å². The molecule has 1 fully saturated rings. The Labute approximate surface area is 238 Å². The van der Waals surface area contributed by atoms with Gasteiger partial charge in [-0.1, -0.05) is 23.9 Å². The van der Waals surface area contributed by atoms with Crippen LogP contribution in [0.25, 0.3) is 5.69 Å². The molecular weight excluding hydrogens is 582 g/mol. The number of tetrazole rings is 1. The van der Waals surface area contributed by atoms with E-state index in [4.69, 9.17) is 4.74 Å². The molecule has 1 aliphatic rings. The average Bonchev–Trinajstić information content (AvgIpc) is 3.45. The first-order valence-electron chi connectivity index (χ1n) is 12.3. The standard InChI is InChI=1S/C27H26BrN7O3S/c1-38-22-12-10-21(11-13-22)35-27(30-31-32-35)39-18-25(36)29-19-6-8-20(9-7-19)33-14-16-34(17-15-33)26(37)23-4-2-3-5-24(23)28/h2-13H,14-18H2,1H3,(H,29,36). The summed E-state index contributed by atoms with van der Waals surface area (Å²) in [5, 5.41) is 15.2. The zero-order chi connectivity index (χ0) is 27.2. The lowest BCUT2D eigenvalue weighted by Gasteiger charge is -2.36. The van der Waals surface area contributed by atoms with Gasteiger partial charge in [0.1, 0.15) is 5.75 Å². The molecule has 1 N–H and O–H groups in total. The lowest BCUT2D eigenvalue weighted by Crippen LogP contribution is -2.48. The number of nitrogens with zero attached hydrogens (tertiary/aromatic N) is 6. The molecule has 1 aliphatic heterocycles. The molecule has 0 radical (unpaired) electrons. The zero-order valence-corrected chi connectivity index (χ0v) is 23.6. The summed E-state index contributed by atoms with van der Waals surface area (Å²) in [6.07, 6.45) is 0. The molecule has 39 heavy (non-hydrogen) atoms. The number of hydrogen-bond donors (Lipinski definition) is 1. The highest BCUT2D eigenvalue weighted by molar-refractivity contribution is 9.10. The summed E-state index contributed by atoms with van der Waals surface area (Å²) in [4.78, 5) is 29.6.